The second-order valence-electron chi connectivity index (χ2n) is 4.46. The van der Waals surface area contributed by atoms with Crippen LogP contribution in [0, 0.1) is 11.8 Å². The van der Waals surface area contributed by atoms with Crippen LogP contribution in [0.4, 0.5) is 0 Å². The van der Waals surface area contributed by atoms with Gasteiger partial charge in [-0.1, -0.05) is 48.2 Å². The first-order valence-electron chi connectivity index (χ1n) is 6.79. The van der Waals surface area contributed by atoms with Gasteiger partial charge < -0.3 is 10.1 Å². The van der Waals surface area contributed by atoms with Gasteiger partial charge in [0.05, 0.1) is 0 Å². The molecule has 2 heteroatoms. The van der Waals surface area contributed by atoms with Gasteiger partial charge in [0.2, 0.25) is 0 Å². The van der Waals surface area contributed by atoms with E-state index in [-0.39, 0.29) is 0 Å². The van der Waals surface area contributed by atoms with E-state index in [1.807, 2.05) is 49.5 Å². The number of benzene rings is 2. The van der Waals surface area contributed by atoms with Crippen LogP contribution in [0.2, 0.25) is 0 Å². The van der Waals surface area contributed by atoms with Crippen LogP contribution in [0.3, 0.4) is 0 Å². The van der Waals surface area contributed by atoms with E-state index in [4.69, 9.17) is 4.74 Å². The SMILES string of the molecule is CNCCC#Cc1cccc(OCc2ccccc2)c1. The highest BCUT2D eigenvalue weighted by atomic mass is 16.5. The summed E-state index contributed by atoms with van der Waals surface area (Å²) in [5, 5.41) is 3.08. The molecule has 2 nitrogen and oxygen atoms in total. The van der Waals surface area contributed by atoms with Crippen molar-refractivity contribution in [3.8, 4) is 17.6 Å². The average molecular weight is 265 g/mol. The first kappa shape index (κ1) is 14.2. The lowest BCUT2D eigenvalue weighted by Gasteiger charge is -2.06. The van der Waals surface area contributed by atoms with E-state index in [0.29, 0.717) is 6.61 Å². The summed E-state index contributed by atoms with van der Waals surface area (Å²) in [6, 6.07) is 18.1. The number of ether oxygens (including phenoxy) is 1. The molecular weight excluding hydrogens is 246 g/mol. The van der Waals surface area contributed by atoms with Crippen molar-refractivity contribution in [3.05, 3.63) is 65.7 Å². The topological polar surface area (TPSA) is 21.3 Å². The minimum atomic E-state index is 0.581. The summed E-state index contributed by atoms with van der Waals surface area (Å²) in [7, 11) is 1.93. The summed E-state index contributed by atoms with van der Waals surface area (Å²) in [5.74, 6) is 7.14. The highest BCUT2D eigenvalue weighted by Crippen LogP contribution is 2.14. The zero-order valence-corrected chi connectivity index (χ0v) is 11.7. The fourth-order valence-corrected chi connectivity index (χ4v) is 1.76. The lowest BCUT2D eigenvalue weighted by Crippen LogP contribution is -2.05. The molecule has 0 saturated carbocycles. The van der Waals surface area contributed by atoms with Crippen molar-refractivity contribution in [1.82, 2.24) is 5.32 Å². The van der Waals surface area contributed by atoms with Gasteiger partial charge in [-0.15, -0.1) is 0 Å². The van der Waals surface area contributed by atoms with Gasteiger partial charge in [0, 0.05) is 18.5 Å². The minimum Gasteiger partial charge on any atom is -0.489 e. The van der Waals surface area contributed by atoms with Gasteiger partial charge in [-0.05, 0) is 30.8 Å². The van der Waals surface area contributed by atoms with Crippen LogP contribution >= 0.6 is 0 Å². The van der Waals surface area contributed by atoms with Gasteiger partial charge in [-0.25, -0.2) is 0 Å². The maximum atomic E-state index is 5.78. The quantitative estimate of drug-likeness (QED) is 0.662. The van der Waals surface area contributed by atoms with Gasteiger partial charge in [-0.2, -0.15) is 0 Å². The van der Waals surface area contributed by atoms with E-state index in [2.05, 4.69) is 29.3 Å². The van der Waals surface area contributed by atoms with Gasteiger partial charge >= 0.3 is 0 Å². The molecule has 0 radical (unpaired) electrons. The third kappa shape index (κ3) is 4.79. The van der Waals surface area contributed by atoms with Crippen LogP contribution in [0.15, 0.2) is 54.6 Å². The zero-order chi connectivity index (χ0) is 14.0. The molecule has 2 aromatic rings. The Balaban J connectivity index is 1.93. The van der Waals surface area contributed by atoms with E-state index in [1.54, 1.807) is 0 Å². The Bertz CT molecular complexity index is 581. The van der Waals surface area contributed by atoms with Crippen LogP contribution in [0.25, 0.3) is 0 Å². The van der Waals surface area contributed by atoms with Gasteiger partial charge in [0.1, 0.15) is 12.4 Å². The number of nitrogens with one attached hydrogen (secondary N) is 1. The molecule has 102 valence electrons. The molecule has 0 aromatic heterocycles. The number of rotatable bonds is 5. The fourth-order valence-electron chi connectivity index (χ4n) is 1.76. The largest absolute Gasteiger partial charge is 0.489 e. The molecule has 0 unspecified atom stereocenters. The van der Waals surface area contributed by atoms with E-state index in [0.717, 1.165) is 29.8 Å². The van der Waals surface area contributed by atoms with Crippen molar-refractivity contribution >= 4 is 0 Å². The van der Waals surface area contributed by atoms with E-state index in [9.17, 15) is 0 Å². The molecule has 0 aliphatic heterocycles. The molecule has 0 aliphatic rings. The van der Waals surface area contributed by atoms with Crippen LogP contribution in [-0.2, 0) is 6.61 Å². The lowest BCUT2D eigenvalue weighted by atomic mass is 10.2. The molecule has 20 heavy (non-hydrogen) atoms. The third-order valence-electron chi connectivity index (χ3n) is 2.82. The molecular formula is C18H19NO. The molecule has 0 spiro atoms. The standard InChI is InChI=1S/C18H19NO/c1-19-13-6-5-8-16-11-7-12-18(14-16)20-15-17-9-3-2-4-10-17/h2-4,7,9-12,14,19H,6,13,15H2,1H3. The minimum absolute atomic E-state index is 0.581. The predicted octanol–water partition coefficient (Wildman–Crippen LogP) is 3.23. The van der Waals surface area contributed by atoms with Crippen LogP contribution in [0.1, 0.15) is 17.5 Å². The Hall–Kier alpha value is -2.24. The highest BCUT2D eigenvalue weighted by Gasteiger charge is 1.96. The Kier molecular flexibility index (Phi) is 5.70. The molecule has 0 saturated heterocycles. The zero-order valence-electron chi connectivity index (χ0n) is 11.7. The van der Waals surface area contributed by atoms with E-state index in [1.165, 1.54) is 0 Å². The molecule has 0 fully saturated rings. The Morgan fingerprint density at radius 2 is 1.90 bits per heavy atom. The van der Waals surface area contributed by atoms with Gasteiger partial charge in [0.15, 0.2) is 0 Å². The van der Waals surface area contributed by atoms with E-state index < -0.39 is 0 Å². The summed E-state index contributed by atoms with van der Waals surface area (Å²) in [6.45, 7) is 1.49. The maximum absolute atomic E-state index is 5.78. The van der Waals surface area contributed by atoms with Crippen molar-refractivity contribution in [3.63, 3.8) is 0 Å². The van der Waals surface area contributed by atoms with Crippen molar-refractivity contribution in [2.24, 2.45) is 0 Å². The van der Waals surface area contributed by atoms with Crippen molar-refractivity contribution in [1.29, 1.82) is 0 Å². The summed E-state index contributed by atoms with van der Waals surface area (Å²) in [6.07, 6.45) is 0.853. The number of hydrogen-bond acceptors (Lipinski definition) is 2. The monoisotopic (exact) mass is 265 g/mol. The summed E-state index contributed by atoms with van der Waals surface area (Å²) in [4.78, 5) is 0. The Morgan fingerprint density at radius 1 is 1.05 bits per heavy atom. The lowest BCUT2D eigenvalue weighted by molar-refractivity contribution is 0.306. The molecule has 2 rings (SSSR count). The summed E-state index contributed by atoms with van der Waals surface area (Å²) in [5.41, 5.74) is 2.16. The first-order chi connectivity index (χ1) is 9.88. The Labute approximate surface area is 120 Å². The van der Waals surface area contributed by atoms with Crippen LogP contribution in [0.5, 0.6) is 5.75 Å². The highest BCUT2D eigenvalue weighted by molar-refractivity contribution is 5.39. The normalized spacial score (nSPS) is 9.65. The third-order valence-corrected chi connectivity index (χ3v) is 2.82. The maximum Gasteiger partial charge on any atom is 0.121 e. The Morgan fingerprint density at radius 3 is 2.70 bits per heavy atom. The fraction of sp³-hybridized carbons (Fsp3) is 0.222. The van der Waals surface area contributed by atoms with E-state index >= 15 is 0 Å². The summed E-state index contributed by atoms with van der Waals surface area (Å²) >= 11 is 0. The average Bonchev–Trinajstić information content (AvgIpc) is 2.51. The molecule has 0 amide bonds. The molecule has 0 atom stereocenters. The van der Waals surface area contributed by atoms with Crippen LogP contribution < -0.4 is 10.1 Å². The molecule has 0 aliphatic carbocycles. The molecule has 0 bridgehead atoms. The molecule has 1 N–H and O–H groups in total. The van der Waals surface area contributed by atoms with Crippen molar-refractivity contribution in [2.45, 2.75) is 13.0 Å². The predicted molar refractivity (Wildman–Crippen MR) is 82.6 cm³/mol. The smallest absolute Gasteiger partial charge is 0.121 e. The van der Waals surface area contributed by atoms with Gasteiger partial charge in [0.25, 0.3) is 0 Å². The summed E-state index contributed by atoms with van der Waals surface area (Å²) < 4.78 is 5.78. The second kappa shape index (κ2) is 8.04. The van der Waals surface area contributed by atoms with Gasteiger partial charge in [-0.3, -0.25) is 0 Å². The number of hydrogen-bond donors (Lipinski definition) is 1. The van der Waals surface area contributed by atoms with Crippen molar-refractivity contribution in [2.75, 3.05) is 13.6 Å². The second-order valence-corrected chi connectivity index (χ2v) is 4.46. The molecule has 2 aromatic carbocycles. The first-order valence-corrected chi connectivity index (χ1v) is 6.79. The molecule has 0 heterocycles. The van der Waals surface area contributed by atoms with Crippen molar-refractivity contribution < 1.29 is 4.74 Å². The van der Waals surface area contributed by atoms with Crippen LogP contribution in [-0.4, -0.2) is 13.6 Å².